The molecular formula is C20H19NO4. The van der Waals surface area contributed by atoms with Crippen LogP contribution in [0.2, 0.25) is 0 Å². The zero-order valence-corrected chi connectivity index (χ0v) is 14.1. The van der Waals surface area contributed by atoms with E-state index in [0.717, 1.165) is 42.2 Å². The number of ether oxygens (including phenoxy) is 3. The number of fused-ring (bicyclic) bond motifs is 5. The second kappa shape index (κ2) is 5.41. The predicted molar refractivity (Wildman–Crippen MR) is 91.1 cm³/mol. The van der Waals surface area contributed by atoms with E-state index in [1.54, 1.807) is 7.11 Å². The number of amides is 1. The second-order valence-corrected chi connectivity index (χ2v) is 6.77. The van der Waals surface area contributed by atoms with Crippen molar-refractivity contribution >= 4 is 5.91 Å². The largest absolute Gasteiger partial charge is 0.497 e. The first kappa shape index (κ1) is 14.6. The van der Waals surface area contributed by atoms with E-state index in [9.17, 15) is 4.79 Å². The average Bonchev–Trinajstić information content (AvgIpc) is 3.02. The van der Waals surface area contributed by atoms with Crippen molar-refractivity contribution in [2.24, 2.45) is 0 Å². The molecule has 5 rings (SSSR count). The van der Waals surface area contributed by atoms with Crippen LogP contribution in [-0.4, -0.2) is 31.3 Å². The van der Waals surface area contributed by atoms with E-state index in [-0.39, 0.29) is 18.7 Å². The summed E-state index contributed by atoms with van der Waals surface area (Å²) >= 11 is 0. The lowest BCUT2D eigenvalue weighted by Crippen LogP contribution is -2.40. The van der Waals surface area contributed by atoms with Crippen LogP contribution in [0.25, 0.3) is 0 Å². The maximum absolute atomic E-state index is 12.9. The Bertz CT molecular complexity index is 876. The molecule has 0 aliphatic carbocycles. The molecule has 128 valence electrons. The molecule has 1 unspecified atom stereocenters. The van der Waals surface area contributed by atoms with Crippen LogP contribution >= 0.6 is 0 Å². The topological polar surface area (TPSA) is 48.0 Å². The Balaban J connectivity index is 1.59. The first-order valence-electron chi connectivity index (χ1n) is 8.60. The standard InChI is InChI=1S/C20H19NO4/c1-23-15-2-3-16-12(6-15)4-5-21-17(16)7-13-8-18-19(25-11-24-18)9-14(13)10-20(21)22/h2-3,6,8-9,17H,4-5,7,10-11H2,1H3. The van der Waals surface area contributed by atoms with Gasteiger partial charge >= 0.3 is 0 Å². The Morgan fingerprint density at radius 1 is 1.08 bits per heavy atom. The van der Waals surface area contributed by atoms with Gasteiger partial charge in [-0.3, -0.25) is 4.79 Å². The van der Waals surface area contributed by atoms with Gasteiger partial charge < -0.3 is 19.1 Å². The van der Waals surface area contributed by atoms with Crippen LogP contribution in [0.15, 0.2) is 30.3 Å². The highest BCUT2D eigenvalue weighted by atomic mass is 16.7. The minimum absolute atomic E-state index is 0.0729. The Hall–Kier alpha value is -2.69. The maximum atomic E-state index is 12.9. The molecule has 1 atom stereocenters. The van der Waals surface area contributed by atoms with E-state index in [1.807, 2.05) is 23.1 Å². The fourth-order valence-electron chi connectivity index (χ4n) is 4.19. The van der Waals surface area contributed by atoms with Gasteiger partial charge in [0.15, 0.2) is 11.5 Å². The predicted octanol–water partition coefficient (Wildman–Crippen LogP) is 2.65. The smallest absolute Gasteiger partial charge is 0.231 e. The quantitative estimate of drug-likeness (QED) is 0.803. The van der Waals surface area contributed by atoms with Gasteiger partial charge in [-0.1, -0.05) is 6.07 Å². The monoisotopic (exact) mass is 337 g/mol. The van der Waals surface area contributed by atoms with Gasteiger partial charge in [0.05, 0.1) is 19.6 Å². The van der Waals surface area contributed by atoms with Crippen LogP contribution < -0.4 is 14.2 Å². The number of carbonyl (C=O) groups is 1. The summed E-state index contributed by atoms with van der Waals surface area (Å²) in [5.74, 6) is 2.59. The fraction of sp³-hybridized carbons (Fsp3) is 0.350. The number of hydrogen-bond acceptors (Lipinski definition) is 4. The van der Waals surface area contributed by atoms with Gasteiger partial charge in [-0.15, -0.1) is 0 Å². The maximum Gasteiger partial charge on any atom is 0.231 e. The lowest BCUT2D eigenvalue weighted by molar-refractivity contribution is -0.133. The van der Waals surface area contributed by atoms with Crippen molar-refractivity contribution in [3.63, 3.8) is 0 Å². The van der Waals surface area contributed by atoms with E-state index in [4.69, 9.17) is 14.2 Å². The van der Waals surface area contributed by atoms with Gasteiger partial charge in [-0.05, 0) is 59.4 Å². The van der Waals surface area contributed by atoms with Crippen LogP contribution in [0.3, 0.4) is 0 Å². The molecule has 0 spiro atoms. The van der Waals surface area contributed by atoms with Gasteiger partial charge in [-0.2, -0.15) is 0 Å². The highest BCUT2D eigenvalue weighted by molar-refractivity contribution is 5.81. The molecule has 2 aromatic carbocycles. The highest BCUT2D eigenvalue weighted by Gasteiger charge is 2.35. The van der Waals surface area contributed by atoms with Crippen molar-refractivity contribution in [2.45, 2.75) is 25.3 Å². The summed E-state index contributed by atoms with van der Waals surface area (Å²) in [5.41, 5.74) is 4.73. The minimum atomic E-state index is 0.0729. The summed E-state index contributed by atoms with van der Waals surface area (Å²) in [5, 5.41) is 0. The number of rotatable bonds is 1. The molecule has 0 radical (unpaired) electrons. The van der Waals surface area contributed by atoms with Gasteiger partial charge in [0.2, 0.25) is 12.7 Å². The van der Waals surface area contributed by atoms with Gasteiger partial charge in [0.1, 0.15) is 5.75 Å². The third kappa shape index (κ3) is 2.26. The Morgan fingerprint density at radius 3 is 2.68 bits per heavy atom. The van der Waals surface area contributed by atoms with E-state index < -0.39 is 0 Å². The van der Waals surface area contributed by atoms with Crippen molar-refractivity contribution in [3.05, 3.63) is 52.6 Å². The molecule has 0 bridgehead atoms. The molecule has 5 heteroatoms. The molecule has 5 nitrogen and oxygen atoms in total. The average molecular weight is 337 g/mol. The first-order chi connectivity index (χ1) is 12.2. The van der Waals surface area contributed by atoms with Crippen LogP contribution in [0.4, 0.5) is 0 Å². The van der Waals surface area contributed by atoms with Crippen molar-refractivity contribution in [3.8, 4) is 17.2 Å². The molecule has 0 aromatic heterocycles. The van der Waals surface area contributed by atoms with Crippen LogP contribution in [0, 0.1) is 0 Å². The van der Waals surface area contributed by atoms with Crippen LogP contribution in [-0.2, 0) is 24.1 Å². The van der Waals surface area contributed by atoms with E-state index >= 15 is 0 Å². The molecule has 0 saturated carbocycles. The second-order valence-electron chi connectivity index (χ2n) is 6.77. The fourth-order valence-corrected chi connectivity index (χ4v) is 4.19. The van der Waals surface area contributed by atoms with E-state index in [2.05, 4.69) is 12.1 Å². The zero-order chi connectivity index (χ0) is 17.0. The Morgan fingerprint density at radius 2 is 1.88 bits per heavy atom. The number of carbonyl (C=O) groups excluding carboxylic acids is 1. The molecule has 0 fully saturated rings. The van der Waals surface area contributed by atoms with Gasteiger partial charge in [0, 0.05) is 6.54 Å². The highest BCUT2D eigenvalue weighted by Crippen LogP contribution is 2.41. The van der Waals surface area contributed by atoms with Crippen LogP contribution in [0.5, 0.6) is 17.2 Å². The molecule has 1 amide bonds. The van der Waals surface area contributed by atoms with Crippen molar-refractivity contribution in [1.82, 2.24) is 4.90 Å². The molecule has 3 aliphatic heterocycles. The third-order valence-corrected chi connectivity index (χ3v) is 5.48. The van der Waals surface area contributed by atoms with E-state index in [1.165, 1.54) is 16.7 Å². The van der Waals surface area contributed by atoms with Gasteiger partial charge in [-0.25, -0.2) is 0 Å². The summed E-state index contributed by atoms with van der Waals surface area (Å²) in [6.07, 6.45) is 2.10. The van der Waals surface area contributed by atoms with E-state index in [0.29, 0.717) is 6.42 Å². The molecule has 2 aromatic rings. The van der Waals surface area contributed by atoms with Crippen molar-refractivity contribution in [2.75, 3.05) is 20.4 Å². The van der Waals surface area contributed by atoms with Crippen LogP contribution in [0.1, 0.15) is 28.3 Å². The summed E-state index contributed by atoms with van der Waals surface area (Å²) < 4.78 is 16.4. The van der Waals surface area contributed by atoms with Gasteiger partial charge in [0.25, 0.3) is 0 Å². The number of benzene rings is 2. The Kier molecular flexibility index (Phi) is 3.17. The first-order valence-corrected chi connectivity index (χ1v) is 8.60. The zero-order valence-electron chi connectivity index (χ0n) is 14.1. The molecule has 3 aliphatic rings. The summed E-state index contributed by atoms with van der Waals surface area (Å²) in [6, 6.07) is 10.3. The third-order valence-electron chi connectivity index (χ3n) is 5.48. The number of nitrogens with zero attached hydrogens (tertiary/aromatic N) is 1. The molecule has 0 N–H and O–H groups in total. The normalized spacial score (nSPS) is 20.4. The lowest BCUT2D eigenvalue weighted by Gasteiger charge is -2.36. The SMILES string of the molecule is COc1ccc2c(c1)CCN1C(=O)Cc3cc4c(cc3CC21)OCO4. The molecule has 3 heterocycles. The van der Waals surface area contributed by atoms with Crippen molar-refractivity contribution < 1.29 is 19.0 Å². The minimum Gasteiger partial charge on any atom is -0.497 e. The summed E-state index contributed by atoms with van der Waals surface area (Å²) in [4.78, 5) is 14.9. The number of hydrogen-bond donors (Lipinski definition) is 0. The summed E-state index contributed by atoms with van der Waals surface area (Å²) in [6.45, 7) is 1.01. The summed E-state index contributed by atoms with van der Waals surface area (Å²) in [7, 11) is 1.69. The molecule has 0 saturated heterocycles. The molecule has 25 heavy (non-hydrogen) atoms. The number of methoxy groups -OCH3 is 1. The Labute approximate surface area is 146 Å². The molecular weight excluding hydrogens is 318 g/mol. The van der Waals surface area contributed by atoms with Crippen molar-refractivity contribution in [1.29, 1.82) is 0 Å². The lowest BCUT2D eigenvalue weighted by atomic mass is 9.88.